The Hall–Kier alpha value is -1.22. The molecule has 3 heteroatoms. The van der Waals surface area contributed by atoms with Crippen molar-refractivity contribution in [3.63, 3.8) is 0 Å². The monoisotopic (exact) mass is 288 g/mol. The molecular weight excluding hydrogens is 268 g/mol. The van der Waals surface area contributed by atoms with E-state index in [-0.39, 0.29) is 12.1 Å². The predicted octanol–water partition coefficient (Wildman–Crippen LogP) is 4.07. The summed E-state index contributed by atoms with van der Waals surface area (Å²) in [5.74, 6) is 0.804. The molecule has 1 fully saturated rings. The van der Waals surface area contributed by atoms with Gasteiger partial charge in [-0.25, -0.2) is 0 Å². The second-order valence-electron chi connectivity index (χ2n) is 5.95. The van der Waals surface area contributed by atoms with Gasteiger partial charge in [0, 0.05) is 10.8 Å². The topological polar surface area (TPSA) is 26.3 Å². The van der Waals surface area contributed by atoms with Gasteiger partial charge >= 0.3 is 5.97 Å². The molecule has 0 aliphatic heterocycles. The molecule has 1 aromatic rings. The first-order valence-electron chi connectivity index (χ1n) is 7.23. The number of ether oxygens (including phenoxy) is 1. The number of thioether (sulfide) groups is 1. The van der Waals surface area contributed by atoms with Gasteiger partial charge in [-0.05, 0) is 44.7 Å². The summed E-state index contributed by atoms with van der Waals surface area (Å²) in [5, 5.41) is 0. The number of fused-ring (bicyclic) bond motifs is 2. The van der Waals surface area contributed by atoms with E-state index < -0.39 is 4.75 Å². The molecule has 0 N–H and O–H groups in total. The highest BCUT2D eigenvalue weighted by molar-refractivity contribution is 8.01. The van der Waals surface area contributed by atoms with Gasteiger partial charge in [0.05, 0.1) is 6.10 Å². The van der Waals surface area contributed by atoms with E-state index >= 15 is 0 Å². The fourth-order valence-electron chi connectivity index (χ4n) is 3.22. The molecule has 0 saturated heterocycles. The Labute approximate surface area is 124 Å². The molecule has 2 aliphatic rings. The summed E-state index contributed by atoms with van der Waals surface area (Å²) in [6, 6.07) is 10.2. The Morgan fingerprint density at radius 1 is 1.30 bits per heavy atom. The fraction of sp³-hybridized carbons (Fsp3) is 0.471. The van der Waals surface area contributed by atoms with Crippen LogP contribution in [0.4, 0.5) is 0 Å². The van der Waals surface area contributed by atoms with Crippen LogP contribution in [0, 0.1) is 11.8 Å². The van der Waals surface area contributed by atoms with E-state index in [1.165, 1.54) is 0 Å². The van der Waals surface area contributed by atoms with Gasteiger partial charge in [-0.1, -0.05) is 30.4 Å². The average molecular weight is 288 g/mol. The molecule has 0 heterocycles. The van der Waals surface area contributed by atoms with E-state index in [0.29, 0.717) is 11.8 Å². The first kappa shape index (κ1) is 13.7. The smallest absolute Gasteiger partial charge is 0.323 e. The maximum atomic E-state index is 12.7. The fourth-order valence-corrected chi connectivity index (χ4v) is 4.69. The number of carbonyl (C=O) groups is 1. The number of esters is 1. The SMILES string of the molecule is CC(C)OC(=O)[C@@]1(Sc2ccccc2)C[C@H]2C=C[C@@H]1C2. The molecule has 0 spiro atoms. The van der Waals surface area contributed by atoms with Gasteiger partial charge in [0.25, 0.3) is 0 Å². The highest BCUT2D eigenvalue weighted by atomic mass is 32.2. The van der Waals surface area contributed by atoms with E-state index in [1.54, 1.807) is 11.8 Å². The van der Waals surface area contributed by atoms with Crippen molar-refractivity contribution in [3.8, 4) is 0 Å². The van der Waals surface area contributed by atoms with Gasteiger partial charge < -0.3 is 4.74 Å². The Bertz CT molecular complexity index is 523. The summed E-state index contributed by atoms with van der Waals surface area (Å²) in [7, 11) is 0. The van der Waals surface area contributed by atoms with E-state index in [9.17, 15) is 4.79 Å². The molecule has 0 amide bonds. The lowest BCUT2D eigenvalue weighted by Crippen LogP contribution is -2.41. The summed E-state index contributed by atoms with van der Waals surface area (Å²) in [4.78, 5) is 13.8. The van der Waals surface area contributed by atoms with Crippen molar-refractivity contribution in [2.24, 2.45) is 11.8 Å². The minimum Gasteiger partial charge on any atom is -0.462 e. The Balaban J connectivity index is 1.89. The van der Waals surface area contributed by atoms with Crippen molar-refractivity contribution in [3.05, 3.63) is 42.5 Å². The first-order chi connectivity index (χ1) is 9.60. The minimum atomic E-state index is -0.426. The first-order valence-corrected chi connectivity index (χ1v) is 8.05. The molecule has 1 saturated carbocycles. The van der Waals surface area contributed by atoms with E-state index in [4.69, 9.17) is 4.74 Å². The zero-order chi connectivity index (χ0) is 14.2. The quantitative estimate of drug-likeness (QED) is 0.617. The van der Waals surface area contributed by atoms with Crippen molar-refractivity contribution in [1.82, 2.24) is 0 Å². The van der Waals surface area contributed by atoms with Crippen LogP contribution in [0.1, 0.15) is 26.7 Å². The Morgan fingerprint density at radius 2 is 2.05 bits per heavy atom. The average Bonchev–Trinajstić information content (AvgIpc) is 3.00. The molecule has 3 rings (SSSR count). The molecule has 3 atom stereocenters. The zero-order valence-corrected chi connectivity index (χ0v) is 12.7. The second kappa shape index (κ2) is 5.28. The van der Waals surface area contributed by atoms with Gasteiger partial charge in [0.15, 0.2) is 0 Å². The van der Waals surface area contributed by atoms with Crippen LogP contribution in [-0.2, 0) is 9.53 Å². The van der Waals surface area contributed by atoms with E-state index in [0.717, 1.165) is 17.7 Å². The molecule has 2 aliphatic carbocycles. The third-order valence-corrected chi connectivity index (χ3v) is 5.58. The van der Waals surface area contributed by atoms with Gasteiger partial charge in [-0.15, -0.1) is 11.8 Å². The highest BCUT2D eigenvalue weighted by Gasteiger charge is 2.55. The van der Waals surface area contributed by atoms with Crippen molar-refractivity contribution in [2.75, 3.05) is 0 Å². The van der Waals surface area contributed by atoms with Crippen LogP contribution in [0.5, 0.6) is 0 Å². The lowest BCUT2D eigenvalue weighted by atomic mass is 9.92. The van der Waals surface area contributed by atoms with Crippen molar-refractivity contribution in [1.29, 1.82) is 0 Å². The number of benzene rings is 1. The predicted molar refractivity (Wildman–Crippen MR) is 81.6 cm³/mol. The number of hydrogen-bond acceptors (Lipinski definition) is 3. The standard InChI is InChI=1S/C17H20O2S/c1-12(2)19-16(18)17(11-13-8-9-14(17)10-13)20-15-6-4-3-5-7-15/h3-9,12-14H,10-11H2,1-2H3/t13-,14+,17+/m0/s1. The molecule has 1 aromatic carbocycles. The van der Waals surface area contributed by atoms with Gasteiger partial charge in [-0.3, -0.25) is 4.79 Å². The number of hydrogen-bond donors (Lipinski definition) is 0. The van der Waals surface area contributed by atoms with Crippen LogP contribution in [0.15, 0.2) is 47.4 Å². The normalized spacial score (nSPS) is 30.9. The number of allylic oxidation sites excluding steroid dienone is 2. The molecule has 0 aromatic heterocycles. The Morgan fingerprint density at radius 3 is 2.60 bits per heavy atom. The third-order valence-electron chi connectivity index (χ3n) is 4.07. The number of rotatable bonds is 4. The van der Waals surface area contributed by atoms with Crippen molar-refractivity contribution < 1.29 is 9.53 Å². The molecule has 2 bridgehead atoms. The van der Waals surface area contributed by atoms with Gasteiger partial charge in [0.1, 0.15) is 4.75 Å². The minimum absolute atomic E-state index is 0.0433. The maximum absolute atomic E-state index is 12.7. The Kier molecular flexibility index (Phi) is 3.63. The second-order valence-corrected chi connectivity index (χ2v) is 7.35. The lowest BCUT2D eigenvalue weighted by molar-refractivity contribution is -0.151. The van der Waals surface area contributed by atoms with Crippen molar-refractivity contribution >= 4 is 17.7 Å². The van der Waals surface area contributed by atoms with Crippen LogP contribution in [-0.4, -0.2) is 16.8 Å². The lowest BCUT2D eigenvalue weighted by Gasteiger charge is -2.33. The van der Waals surface area contributed by atoms with Gasteiger partial charge in [-0.2, -0.15) is 0 Å². The molecular formula is C17H20O2S. The molecule has 0 radical (unpaired) electrons. The summed E-state index contributed by atoms with van der Waals surface area (Å²) in [6.07, 6.45) is 6.41. The zero-order valence-electron chi connectivity index (χ0n) is 11.9. The molecule has 20 heavy (non-hydrogen) atoms. The summed E-state index contributed by atoms with van der Waals surface area (Å²) >= 11 is 1.69. The van der Waals surface area contributed by atoms with Crippen molar-refractivity contribution in [2.45, 2.75) is 42.4 Å². The van der Waals surface area contributed by atoms with Crippen LogP contribution >= 0.6 is 11.8 Å². The summed E-state index contributed by atoms with van der Waals surface area (Å²) in [5.41, 5.74) is 0. The number of carbonyl (C=O) groups excluding carboxylic acids is 1. The molecule has 106 valence electrons. The summed E-state index contributed by atoms with van der Waals surface area (Å²) in [6.45, 7) is 3.84. The van der Waals surface area contributed by atoms with E-state index in [2.05, 4.69) is 24.3 Å². The van der Waals surface area contributed by atoms with Crippen LogP contribution < -0.4 is 0 Å². The third kappa shape index (κ3) is 2.39. The summed E-state index contributed by atoms with van der Waals surface area (Å²) < 4.78 is 5.14. The van der Waals surface area contributed by atoms with Gasteiger partial charge in [0.2, 0.25) is 0 Å². The van der Waals surface area contributed by atoms with Crippen LogP contribution in [0.3, 0.4) is 0 Å². The van der Waals surface area contributed by atoms with E-state index in [1.807, 2.05) is 32.0 Å². The molecule has 2 nitrogen and oxygen atoms in total. The highest BCUT2D eigenvalue weighted by Crippen LogP contribution is 2.56. The molecule has 0 unspecified atom stereocenters. The maximum Gasteiger partial charge on any atom is 0.323 e. The van der Waals surface area contributed by atoms with Crippen LogP contribution in [0.25, 0.3) is 0 Å². The van der Waals surface area contributed by atoms with Crippen LogP contribution in [0.2, 0.25) is 0 Å². The largest absolute Gasteiger partial charge is 0.462 e.